The van der Waals surface area contributed by atoms with E-state index in [2.05, 4.69) is 27.4 Å². The van der Waals surface area contributed by atoms with Crippen LogP contribution in [0.2, 0.25) is 0 Å². The van der Waals surface area contributed by atoms with Crippen molar-refractivity contribution in [1.29, 1.82) is 0 Å². The Morgan fingerprint density at radius 3 is 1.32 bits per heavy atom. The van der Waals surface area contributed by atoms with Gasteiger partial charge < -0.3 is 5.73 Å². The molecule has 0 amide bonds. The Morgan fingerprint density at radius 2 is 1.00 bits per heavy atom. The van der Waals surface area contributed by atoms with E-state index in [0.717, 1.165) is 6.42 Å². The summed E-state index contributed by atoms with van der Waals surface area (Å²) in [6.45, 7) is 10.5. The summed E-state index contributed by atoms with van der Waals surface area (Å²) in [5.41, 5.74) is 7.04. The van der Waals surface area contributed by atoms with Crippen molar-refractivity contribution in [2.24, 2.45) is 5.73 Å². The first kappa shape index (κ1) is 21.7. The molecule has 2 N–H and O–H groups in total. The lowest BCUT2D eigenvalue weighted by Gasteiger charge is -2.21. The molecule has 0 spiro atoms. The van der Waals surface area contributed by atoms with Gasteiger partial charge in [0.2, 0.25) is 0 Å². The Labute approximate surface area is 141 Å². The fourth-order valence-corrected chi connectivity index (χ4v) is 2.86. The highest BCUT2D eigenvalue weighted by molar-refractivity contribution is 5.10. The molecule has 132 valence electrons. The van der Waals surface area contributed by atoms with E-state index in [9.17, 15) is 0 Å². The van der Waals surface area contributed by atoms with E-state index in [0.29, 0.717) is 0 Å². The summed E-state index contributed by atoms with van der Waals surface area (Å²) < 4.78 is 0. The number of rotatable bonds is 16. The van der Waals surface area contributed by atoms with Crippen molar-refractivity contribution in [3.8, 4) is 0 Å². The van der Waals surface area contributed by atoms with Crippen LogP contribution < -0.4 is 5.73 Å². The summed E-state index contributed by atoms with van der Waals surface area (Å²) in [6, 6.07) is 0. The van der Waals surface area contributed by atoms with E-state index in [1.807, 2.05) is 0 Å². The first-order valence-corrected chi connectivity index (χ1v) is 9.95. The van der Waals surface area contributed by atoms with E-state index in [4.69, 9.17) is 5.73 Å². The first-order valence-electron chi connectivity index (χ1n) is 9.95. The van der Waals surface area contributed by atoms with Crippen LogP contribution in [-0.4, -0.2) is 5.54 Å². The van der Waals surface area contributed by atoms with Crippen LogP contribution in [0.1, 0.15) is 117 Å². The molecule has 0 aliphatic heterocycles. The largest absolute Gasteiger partial charge is 0.322 e. The molecule has 0 rings (SSSR count). The monoisotopic (exact) mass is 309 g/mol. The molecule has 0 bridgehead atoms. The van der Waals surface area contributed by atoms with Crippen LogP contribution in [0.25, 0.3) is 0 Å². The van der Waals surface area contributed by atoms with Crippen LogP contribution in [0.4, 0.5) is 0 Å². The summed E-state index contributed by atoms with van der Waals surface area (Å²) in [5.74, 6) is 0. The van der Waals surface area contributed by atoms with Gasteiger partial charge in [-0.05, 0) is 26.7 Å². The summed E-state index contributed by atoms with van der Waals surface area (Å²) in [5, 5.41) is 0. The average Bonchev–Trinajstić information content (AvgIpc) is 2.46. The van der Waals surface area contributed by atoms with Crippen molar-refractivity contribution < 1.29 is 0 Å². The van der Waals surface area contributed by atoms with Crippen molar-refractivity contribution in [3.63, 3.8) is 0 Å². The zero-order chi connectivity index (χ0) is 16.7. The van der Waals surface area contributed by atoms with Crippen molar-refractivity contribution >= 4 is 0 Å². The van der Waals surface area contributed by atoms with E-state index < -0.39 is 0 Å². The molecule has 0 atom stereocenters. The quantitative estimate of drug-likeness (QED) is 0.238. The molecule has 0 aromatic carbocycles. The summed E-state index contributed by atoms with van der Waals surface area (Å²) in [4.78, 5) is 0. The van der Waals surface area contributed by atoms with Gasteiger partial charge in [0.1, 0.15) is 0 Å². The molecular weight excluding hydrogens is 266 g/mol. The van der Waals surface area contributed by atoms with Gasteiger partial charge in [-0.3, -0.25) is 0 Å². The van der Waals surface area contributed by atoms with Crippen LogP contribution in [0.3, 0.4) is 0 Å². The lowest BCUT2D eigenvalue weighted by atomic mass is 9.92. The maximum Gasteiger partial charge on any atom is 0.0308 e. The zero-order valence-corrected chi connectivity index (χ0v) is 15.9. The lowest BCUT2D eigenvalue weighted by Crippen LogP contribution is -2.33. The van der Waals surface area contributed by atoms with Crippen LogP contribution in [0, 0.1) is 0 Å². The molecule has 0 saturated carbocycles. The molecule has 0 heterocycles. The van der Waals surface area contributed by atoms with E-state index in [-0.39, 0.29) is 5.54 Å². The second-order valence-corrected chi connectivity index (χ2v) is 7.67. The van der Waals surface area contributed by atoms with Crippen molar-refractivity contribution in [2.45, 2.75) is 123 Å². The highest BCUT2D eigenvalue weighted by Gasteiger charge is 2.14. The van der Waals surface area contributed by atoms with Gasteiger partial charge in [-0.15, -0.1) is 0 Å². The van der Waals surface area contributed by atoms with Gasteiger partial charge in [0.05, 0.1) is 0 Å². The smallest absolute Gasteiger partial charge is 0.0308 e. The zero-order valence-electron chi connectivity index (χ0n) is 15.9. The minimum atomic E-state index is -0.198. The molecule has 1 heteroatoms. The molecule has 0 aliphatic rings. The first-order chi connectivity index (χ1) is 10.5. The fourth-order valence-electron chi connectivity index (χ4n) is 2.86. The minimum Gasteiger partial charge on any atom is -0.322 e. The predicted molar refractivity (Wildman–Crippen MR) is 102 cm³/mol. The number of nitrogens with two attached hydrogens (primary N) is 1. The molecule has 0 aromatic heterocycles. The Kier molecular flexibility index (Phi) is 14.1. The molecule has 0 aliphatic carbocycles. The summed E-state index contributed by atoms with van der Waals surface area (Å²) in [7, 11) is 0. The lowest BCUT2D eigenvalue weighted by molar-refractivity contribution is 0.526. The van der Waals surface area contributed by atoms with E-state index >= 15 is 0 Å². The van der Waals surface area contributed by atoms with Crippen molar-refractivity contribution in [1.82, 2.24) is 0 Å². The second-order valence-electron chi connectivity index (χ2n) is 7.67. The summed E-state index contributed by atoms with van der Waals surface area (Å²) >= 11 is 0. The third-order valence-corrected chi connectivity index (χ3v) is 4.74. The Hall–Kier alpha value is -0.300. The van der Waals surface area contributed by atoms with Crippen LogP contribution in [0.5, 0.6) is 0 Å². The normalized spacial score (nSPS) is 11.8. The van der Waals surface area contributed by atoms with Gasteiger partial charge in [-0.1, -0.05) is 103 Å². The third-order valence-electron chi connectivity index (χ3n) is 4.74. The van der Waals surface area contributed by atoms with Crippen LogP contribution >= 0.6 is 0 Å². The second kappa shape index (κ2) is 14.3. The maximum atomic E-state index is 6.03. The molecule has 0 unspecified atom stereocenters. The standard InChI is InChI=1S/C21H43N/c1-5-6-7-8-9-10-11-12-13-14-15-16-17-18-19-20(2)21(3,4)22/h2,5-19,22H2,1,3-4H3. The molecule has 0 saturated heterocycles. The Balaban J connectivity index is 3.13. The van der Waals surface area contributed by atoms with E-state index in [1.54, 1.807) is 0 Å². The average molecular weight is 310 g/mol. The molecule has 22 heavy (non-hydrogen) atoms. The topological polar surface area (TPSA) is 26.0 Å². The van der Waals surface area contributed by atoms with Gasteiger partial charge in [-0.25, -0.2) is 0 Å². The Bertz CT molecular complexity index is 249. The number of hydrogen-bond acceptors (Lipinski definition) is 1. The van der Waals surface area contributed by atoms with Crippen LogP contribution in [0.15, 0.2) is 12.2 Å². The SMILES string of the molecule is C=C(CCCCCCCCCCCCCCCC)C(C)(C)N. The highest BCUT2D eigenvalue weighted by atomic mass is 14.7. The van der Waals surface area contributed by atoms with Crippen LogP contribution in [-0.2, 0) is 0 Å². The molecule has 0 fully saturated rings. The summed E-state index contributed by atoms with van der Waals surface area (Å²) in [6.07, 6.45) is 20.9. The molecule has 1 nitrogen and oxygen atoms in total. The fraction of sp³-hybridized carbons (Fsp3) is 0.905. The molecular formula is C21H43N. The predicted octanol–water partition coefficient (Wildman–Crippen LogP) is 7.15. The van der Waals surface area contributed by atoms with Crippen molar-refractivity contribution in [2.75, 3.05) is 0 Å². The van der Waals surface area contributed by atoms with Gasteiger partial charge in [0.25, 0.3) is 0 Å². The van der Waals surface area contributed by atoms with Gasteiger partial charge in [0.15, 0.2) is 0 Å². The van der Waals surface area contributed by atoms with Gasteiger partial charge in [0, 0.05) is 5.54 Å². The maximum absolute atomic E-state index is 6.03. The molecule has 0 aromatic rings. The number of hydrogen-bond donors (Lipinski definition) is 1. The van der Waals surface area contributed by atoms with E-state index in [1.165, 1.54) is 95.5 Å². The van der Waals surface area contributed by atoms with Crippen molar-refractivity contribution in [3.05, 3.63) is 12.2 Å². The van der Waals surface area contributed by atoms with Gasteiger partial charge >= 0.3 is 0 Å². The molecule has 0 radical (unpaired) electrons. The Morgan fingerprint density at radius 1 is 0.682 bits per heavy atom. The third kappa shape index (κ3) is 14.6. The number of unbranched alkanes of at least 4 members (excludes halogenated alkanes) is 13. The van der Waals surface area contributed by atoms with Gasteiger partial charge in [-0.2, -0.15) is 0 Å². The highest BCUT2D eigenvalue weighted by Crippen LogP contribution is 2.18. The minimum absolute atomic E-state index is 0.198.